The lowest BCUT2D eigenvalue weighted by Crippen LogP contribution is -2.50. The number of aryl methyl sites for hydroxylation is 1. The minimum atomic E-state index is -0.453. The summed E-state index contributed by atoms with van der Waals surface area (Å²) >= 11 is 8.24. The third-order valence-corrected chi connectivity index (χ3v) is 3.84. The van der Waals surface area contributed by atoms with E-state index in [4.69, 9.17) is 21.7 Å². The van der Waals surface area contributed by atoms with Crippen LogP contribution >= 0.6 is 28.1 Å². The number of nitrogens with one attached hydrogen (secondary N) is 3. The van der Waals surface area contributed by atoms with Crippen LogP contribution in [0.15, 0.2) is 53.0 Å². The molecule has 27 heavy (non-hydrogen) atoms. The van der Waals surface area contributed by atoms with Gasteiger partial charge in [-0.1, -0.05) is 28.1 Å². The van der Waals surface area contributed by atoms with Crippen molar-refractivity contribution < 1.29 is 19.1 Å². The molecule has 0 fully saturated rings. The molecule has 0 unspecified atom stereocenters. The smallest absolute Gasteiger partial charge is 0.276 e. The molecule has 0 atom stereocenters. The van der Waals surface area contributed by atoms with Crippen LogP contribution in [0.25, 0.3) is 0 Å². The van der Waals surface area contributed by atoms with Crippen LogP contribution in [0.4, 0.5) is 0 Å². The molecular formula is C18H18BrN3O4S. The predicted molar refractivity (Wildman–Crippen MR) is 108 cm³/mol. The second kappa shape index (κ2) is 10.5. The van der Waals surface area contributed by atoms with Crippen LogP contribution in [0.3, 0.4) is 0 Å². The molecule has 0 bridgehead atoms. The monoisotopic (exact) mass is 451 g/mol. The number of rotatable bonds is 6. The lowest BCUT2D eigenvalue weighted by atomic mass is 10.2. The van der Waals surface area contributed by atoms with Crippen LogP contribution in [-0.2, 0) is 9.59 Å². The Balaban J connectivity index is 1.63. The summed E-state index contributed by atoms with van der Waals surface area (Å²) in [6, 6.07) is 14.4. The standard InChI is InChI=1S/C18H18BrN3O4S/c1-12-3-2-4-15(9-12)26-10-16(23)20-18(27)22-21-17(24)11-25-14-7-5-13(19)6-8-14/h2-9H,10-11H2,1H3,(H,21,24)(H2,20,22,23,27). The van der Waals surface area contributed by atoms with E-state index in [2.05, 4.69) is 32.1 Å². The minimum absolute atomic E-state index is 0.0511. The summed E-state index contributed by atoms with van der Waals surface area (Å²) in [5, 5.41) is 2.34. The van der Waals surface area contributed by atoms with Crippen LogP contribution in [0.1, 0.15) is 5.56 Å². The normalized spacial score (nSPS) is 9.85. The molecule has 9 heteroatoms. The first-order valence-electron chi connectivity index (χ1n) is 7.89. The van der Waals surface area contributed by atoms with Gasteiger partial charge in [0.2, 0.25) is 0 Å². The van der Waals surface area contributed by atoms with Gasteiger partial charge in [-0.3, -0.25) is 25.8 Å². The van der Waals surface area contributed by atoms with Crippen molar-refractivity contribution in [2.75, 3.05) is 13.2 Å². The SMILES string of the molecule is Cc1cccc(OCC(=O)NC(=S)NNC(=O)COc2ccc(Br)cc2)c1. The van der Waals surface area contributed by atoms with Gasteiger partial charge in [-0.25, -0.2) is 0 Å². The highest BCUT2D eigenvalue weighted by Crippen LogP contribution is 2.15. The number of halogens is 1. The molecule has 0 heterocycles. The van der Waals surface area contributed by atoms with E-state index in [1.54, 1.807) is 30.3 Å². The first-order valence-corrected chi connectivity index (χ1v) is 9.09. The Morgan fingerprint density at radius 3 is 2.33 bits per heavy atom. The van der Waals surface area contributed by atoms with E-state index in [9.17, 15) is 9.59 Å². The molecule has 0 aliphatic heterocycles. The van der Waals surface area contributed by atoms with Gasteiger partial charge in [0, 0.05) is 4.47 Å². The van der Waals surface area contributed by atoms with Gasteiger partial charge in [-0.15, -0.1) is 0 Å². The van der Waals surface area contributed by atoms with Crippen molar-refractivity contribution in [2.45, 2.75) is 6.92 Å². The van der Waals surface area contributed by atoms with Gasteiger partial charge in [0.15, 0.2) is 18.3 Å². The quantitative estimate of drug-likeness (QED) is 0.460. The van der Waals surface area contributed by atoms with Crippen molar-refractivity contribution in [3.8, 4) is 11.5 Å². The van der Waals surface area contributed by atoms with Crippen molar-refractivity contribution in [1.82, 2.24) is 16.2 Å². The lowest BCUT2D eigenvalue weighted by molar-refractivity contribution is -0.124. The molecule has 0 radical (unpaired) electrons. The van der Waals surface area contributed by atoms with Gasteiger partial charge < -0.3 is 9.47 Å². The summed E-state index contributed by atoms with van der Waals surface area (Å²) in [4.78, 5) is 23.5. The summed E-state index contributed by atoms with van der Waals surface area (Å²) in [5.74, 6) is 0.236. The highest BCUT2D eigenvalue weighted by molar-refractivity contribution is 9.10. The Kier molecular flexibility index (Phi) is 8.02. The van der Waals surface area contributed by atoms with Crippen LogP contribution in [-0.4, -0.2) is 30.1 Å². The number of carbonyl (C=O) groups is 2. The van der Waals surface area contributed by atoms with Crippen molar-refractivity contribution >= 4 is 45.1 Å². The Morgan fingerprint density at radius 1 is 0.963 bits per heavy atom. The summed E-state index contributed by atoms with van der Waals surface area (Å²) in [5.41, 5.74) is 5.78. The van der Waals surface area contributed by atoms with Crippen LogP contribution in [0.2, 0.25) is 0 Å². The highest BCUT2D eigenvalue weighted by atomic mass is 79.9. The fraction of sp³-hybridized carbons (Fsp3) is 0.167. The zero-order valence-corrected chi connectivity index (χ0v) is 16.9. The molecule has 0 aliphatic carbocycles. The third kappa shape index (κ3) is 8.06. The van der Waals surface area contributed by atoms with E-state index in [1.165, 1.54) is 0 Å². The van der Waals surface area contributed by atoms with Gasteiger partial charge in [0.25, 0.3) is 11.8 Å². The van der Waals surface area contributed by atoms with Crippen LogP contribution in [0, 0.1) is 6.92 Å². The molecule has 3 N–H and O–H groups in total. The third-order valence-electron chi connectivity index (χ3n) is 3.11. The topological polar surface area (TPSA) is 88.7 Å². The summed E-state index contributed by atoms with van der Waals surface area (Å²) in [6.45, 7) is 1.52. The van der Waals surface area contributed by atoms with E-state index in [0.29, 0.717) is 11.5 Å². The molecule has 2 rings (SSSR count). The second-order valence-corrected chi connectivity index (χ2v) is 6.72. The second-order valence-electron chi connectivity index (χ2n) is 5.40. The number of ether oxygens (including phenoxy) is 2. The maximum Gasteiger partial charge on any atom is 0.276 e. The highest BCUT2D eigenvalue weighted by Gasteiger charge is 2.08. The number of hydrazine groups is 1. The van der Waals surface area contributed by atoms with Gasteiger partial charge in [0.05, 0.1) is 0 Å². The van der Waals surface area contributed by atoms with Crippen molar-refractivity contribution in [3.63, 3.8) is 0 Å². The molecule has 0 spiro atoms. The molecule has 2 amide bonds. The molecule has 0 aliphatic rings. The largest absolute Gasteiger partial charge is 0.484 e. The zero-order chi connectivity index (χ0) is 19.6. The molecule has 7 nitrogen and oxygen atoms in total. The summed E-state index contributed by atoms with van der Waals surface area (Å²) < 4.78 is 11.6. The van der Waals surface area contributed by atoms with E-state index in [0.717, 1.165) is 10.0 Å². The molecular weight excluding hydrogens is 434 g/mol. The molecule has 2 aromatic rings. The van der Waals surface area contributed by atoms with Gasteiger partial charge in [-0.2, -0.15) is 0 Å². The first kappa shape index (κ1) is 20.7. The van der Waals surface area contributed by atoms with Gasteiger partial charge in [0.1, 0.15) is 11.5 Å². The zero-order valence-electron chi connectivity index (χ0n) is 14.5. The minimum Gasteiger partial charge on any atom is -0.484 e. The molecule has 0 saturated heterocycles. The average molecular weight is 452 g/mol. The van der Waals surface area contributed by atoms with Gasteiger partial charge >= 0.3 is 0 Å². The molecule has 0 saturated carbocycles. The Bertz CT molecular complexity index is 815. The average Bonchev–Trinajstić information content (AvgIpc) is 2.64. The maximum atomic E-state index is 11.8. The lowest BCUT2D eigenvalue weighted by Gasteiger charge is -2.12. The van der Waals surface area contributed by atoms with Gasteiger partial charge in [-0.05, 0) is 61.1 Å². The number of thiocarbonyl (C=S) groups is 1. The molecule has 142 valence electrons. The van der Waals surface area contributed by atoms with Crippen molar-refractivity contribution in [3.05, 3.63) is 58.6 Å². The van der Waals surface area contributed by atoms with E-state index >= 15 is 0 Å². The van der Waals surface area contributed by atoms with E-state index < -0.39 is 11.8 Å². The molecule has 2 aromatic carbocycles. The van der Waals surface area contributed by atoms with E-state index in [1.807, 2.05) is 25.1 Å². The molecule has 0 aromatic heterocycles. The Morgan fingerprint density at radius 2 is 1.63 bits per heavy atom. The Hall–Kier alpha value is -2.65. The summed E-state index contributed by atoms with van der Waals surface area (Å²) in [6.07, 6.45) is 0. The van der Waals surface area contributed by atoms with Crippen LogP contribution < -0.4 is 25.6 Å². The predicted octanol–water partition coefficient (Wildman–Crippen LogP) is 2.24. The number of hydrogen-bond acceptors (Lipinski definition) is 5. The number of benzene rings is 2. The van der Waals surface area contributed by atoms with Crippen molar-refractivity contribution in [2.24, 2.45) is 0 Å². The number of hydrogen-bond donors (Lipinski definition) is 3. The number of amides is 2. The fourth-order valence-electron chi connectivity index (χ4n) is 1.89. The fourth-order valence-corrected chi connectivity index (χ4v) is 2.32. The van der Waals surface area contributed by atoms with E-state index in [-0.39, 0.29) is 18.3 Å². The summed E-state index contributed by atoms with van der Waals surface area (Å²) in [7, 11) is 0. The first-order chi connectivity index (χ1) is 12.9. The number of carbonyl (C=O) groups excluding carboxylic acids is 2. The van der Waals surface area contributed by atoms with Crippen molar-refractivity contribution in [1.29, 1.82) is 0 Å². The Labute approximate surface area is 170 Å². The maximum absolute atomic E-state index is 11.8. The van der Waals surface area contributed by atoms with Crippen LogP contribution in [0.5, 0.6) is 11.5 Å².